The molecular formula is C31H40N2O11. The Kier molecular flexibility index (Phi) is 9.38. The first-order valence-corrected chi connectivity index (χ1v) is 14.8. The first-order chi connectivity index (χ1) is 20.7. The summed E-state index contributed by atoms with van der Waals surface area (Å²) in [7, 11) is 1.43. The standard InChI is InChI=1S/C31H40N2O11/c1-15(34)33-19(28(39)40)8-6-7-11-32-13-17-24-27(38)26(37)23-18-9-10-21(36)30(18,3)12-20(43-16(2)35)25(23)31(24,4)22(14-42-5)44-29(17)41/h13,18-20,22,32,38H,6-12,14H2,1-5H3,(H,33,34)(H,39,40)/b17-13-/t18-,19?,20+,22+,30-,31-/m0/s1. The van der Waals surface area contributed by atoms with Gasteiger partial charge in [0.2, 0.25) is 11.7 Å². The van der Waals surface area contributed by atoms with Crippen molar-refractivity contribution in [1.29, 1.82) is 0 Å². The highest BCUT2D eigenvalue weighted by Crippen LogP contribution is 2.62. The Labute approximate surface area is 255 Å². The number of aliphatic hydroxyl groups excluding tert-OH is 1. The highest BCUT2D eigenvalue weighted by molar-refractivity contribution is 6.14. The second-order valence-corrected chi connectivity index (χ2v) is 12.3. The van der Waals surface area contributed by atoms with Gasteiger partial charge in [0.15, 0.2) is 5.76 Å². The number of ether oxygens (including phenoxy) is 3. The molecule has 1 saturated carbocycles. The number of hydrogen-bond acceptors (Lipinski definition) is 11. The molecule has 1 saturated heterocycles. The normalized spacial score (nSPS) is 31.2. The molecule has 4 N–H and O–H groups in total. The van der Waals surface area contributed by atoms with Crippen molar-refractivity contribution in [3.8, 4) is 0 Å². The third kappa shape index (κ3) is 5.64. The van der Waals surface area contributed by atoms with E-state index in [1.807, 2.05) is 0 Å². The van der Waals surface area contributed by atoms with Gasteiger partial charge in [0.05, 0.1) is 17.6 Å². The topological polar surface area (TPSA) is 195 Å². The van der Waals surface area contributed by atoms with Crippen LogP contribution in [0.1, 0.15) is 66.2 Å². The van der Waals surface area contributed by atoms with Crippen LogP contribution in [0.2, 0.25) is 0 Å². The van der Waals surface area contributed by atoms with Gasteiger partial charge in [-0.1, -0.05) is 6.92 Å². The second-order valence-electron chi connectivity index (χ2n) is 12.3. The van der Waals surface area contributed by atoms with Gasteiger partial charge in [0.25, 0.3) is 0 Å². The zero-order valence-corrected chi connectivity index (χ0v) is 25.6. The average molecular weight is 617 g/mol. The number of amides is 1. The van der Waals surface area contributed by atoms with Gasteiger partial charge >= 0.3 is 17.9 Å². The highest BCUT2D eigenvalue weighted by atomic mass is 16.6. The Hall–Kier alpha value is -4.00. The molecule has 6 atom stereocenters. The highest BCUT2D eigenvalue weighted by Gasteiger charge is 2.64. The van der Waals surface area contributed by atoms with Crippen molar-refractivity contribution < 1.29 is 53.2 Å². The number of aliphatic hydroxyl groups is 1. The third-order valence-corrected chi connectivity index (χ3v) is 9.41. The van der Waals surface area contributed by atoms with Gasteiger partial charge in [-0.15, -0.1) is 0 Å². The number of methoxy groups -OCH3 is 1. The number of ketones is 2. The smallest absolute Gasteiger partial charge is 0.340 e. The Bertz CT molecular complexity index is 1380. The van der Waals surface area contributed by atoms with E-state index in [9.17, 15) is 39.0 Å². The van der Waals surface area contributed by atoms with E-state index in [1.54, 1.807) is 13.8 Å². The summed E-state index contributed by atoms with van der Waals surface area (Å²) >= 11 is 0. The van der Waals surface area contributed by atoms with E-state index in [1.165, 1.54) is 27.2 Å². The number of aliphatic carboxylic acids is 1. The van der Waals surface area contributed by atoms with E-state index in [0.29, 0.717) is 31.4 Å². The van der Waals surface area contributed by atoms with Gasteiger partial charge in [0, 0.05) is 69.0 Å². The van der Waals surface area contributed by atoms with E-state index < -0.39 is 70.4 Å². The molecule has 1 amide bonds. The van der Waals surface area contributed by atoms with Crippen LogP contribution < -0.4 is 10.6 Å². The maximum Gasteiger partial charge on any atom is 0.340 e. The Morgan fingerprint density at radius 2 is 1.86 bits per heavy atom. The molecule has 0 bridgehead atoms. The molecule has 0 spiro atoms. The molecule has 1 unspecified atom stereocenters. The molecular weight excluding hydrogens is 576 g/mol. The molecule has 3 aliphatic carbocycles. The van der Waals surface area contributed by atoms with Crippen molar-refractivity contribution >= 4 is 35.4 Å². The molecule has 240 valence electrons. The number of fused-ring (bicyclic) bond motifs is 4. The molecule has 0 radical (unpaired) electrons. The summed E-state index contributed by atoms with van der Waals surface area (Å²) in [6, 6.07) is -1.02. The van der Waals surface area contributed by atoms with Gasteiger partial charge in [-0.3, -0.25) is 19.2 Å². The number of esters is 2. The number of Topliss-reactive ketones (excluding diaryl/α,β-unsaturated/α-hetero) is 2. The molecule has 0 aromatic carbocycles. The van der Waals surface area contributed by atoms with Gasteiger partial charge < -0.3 is 35.1 Å². The van der Waals surface area contributed by atoms with Crippen molar-refractivity contribution in [2.24, 2.45) is 16.7 Å². The van der Waals surface area contributed by atoms with Crippen LogP contribution in [0.5, 0.6) is 0 Å². The fraction of sp³-hybridized carbons (Fsp3) is 0.613. The maximum absolute atomic E-state index is 14.0. The molecule has 4 aliphatic rings. The maximum atomic E-state index is 14.0. The zero-order valence-electron chi connectivity index (χ0n) is 25.6. The van der Waals surface area contributed by atoms with Gasteiger partial charge in [0.1, 0.15) is 24.0 Å². The van der Waals surface area contributed by atoms with Crippen LogP contribution in [0.15, 0.2) is 34.3 Å². The summed E-state index contributed by atoms with van der Waals surface area (Å²) in [5.74, 6) is -4.90. The van der Waals surface area contributed by atoms with Crippen LogP contribution in [-0.4, -0.2) is 84.1 Å². The number of rotatable bonds is 11. The van der Waals surface area contributed by atoms with Crippen LogP contribution in [0.3, 0.4) is 0 Å². The van der Waals surface area contributed by atoms with Crippen molar-refractivity contribution in [3.63, 3.8) is 0 Å². The third-order valence-electron chi connectivity index (χ3n) is 9.41. The predicted octanol–water partition coefficient (Wildman–Crippen LogP) is 1.81. The molecule has 4 rings (SSSR count). The fourth-order valence-electron chi connectivity index (χ4n) is 7.35. The lowest BCUT2D eigenvalue weighted by Gasteiger charge is -2.53. The van der Waals surface area contributed by atoms with E-state index in [4.69, 9.17) is 14.2 Å². The minimum absolute atomic E-state index is 0.0220. The lowest BCUT2D eigenvalue weighted by molar-refractivity contribution is -0.160. The molecule has 2 fully saturated rings. The zero-order chi connectivity index (χ0) is 32.6. The van der Waals surface area contributed by atoms with Gasteiger partial charge in [-0.25, -0.2) is 9.59 Å². The number of carboxylic acids is 1. The monoisotopic (exact) mass is 616 g/mol. The Balaban J connectivity index is 1.70. The molecule has 13 nitrogen and oxygen atoms in total. The predicted molar refractivity (Wildman–Crippen MR) is 153 cm³/mol. The summed E-state index contributed by atoms with van der Waals surface area (Å²) in [6.45, 7) is 6.17. The Morgan fingerprint density at radius 1 is 1.16 bits per heavy atom. The van der Waals surface area contributed by atoms with E-state index in [2.05, 4.69) is 10.6 Å². The lowest BCUT2D eigenvalue weighted by Crippen LogP contribution is -2.57. The van der Waals surface area contributed by atoms with Crippen molar-refractivity contribution in [2.45, 2.75) is 84.5 Å². The molecule has 1 aliphatic heterocycles. The minimum atomic E-state index is -1.34. The minimum Gasteiger partial charge on any atom is -0.504 e. The number of nitrogens with one attached hydrogen (secondary N) is 2. The van der Waals surface area contributed by atoms with E-state index >= 15 is 0 Å². The summed E-state index contributed by atoms with van der Waals surface area (Å²) in [5, 5.41) is 26.2. The van der Waals surface area contributed by atoms with Crippen molar-refractivity contribution in [2.75, 3.05) is 20.3 Å². The first kappa shape index (κ1) is 32.9. The molecule has 44 heavy (non-hydrogen) atoms. The largest absolute Gasteiger partial charge is 0.504 e. The van der Waals surface area contributed by atoms with E-state index in [0.717, 1.165) is 0 Å². The van der Waals surface area contributed by atoms with Crippen LogP contribution >= 0.6 is 0 Å². The summed E-state index contributed by atoms with van der Waals surface area (Å²) in [4.78, 5) is 75.3. The van der Waals surface area contributed by atoms with Crippen molar-refractivity contribution in [3.05, 3.63) is 34.3 Å². The average Bonchev–Trinajstić information content (AvgIpc) is 3.23. The number of carbonyl (C=O) groups excluding carboxylic acids is 5. The molecule has 1 heterocycles. The van der Waals surface area contributed by atoms with Gasteiger partial charge in [-0.05, 0) is 38.2 Å². The SMILES string of the molecule is COC[C@H]1OC(=O)/C(=C\NCCCCC(NC(C)=O)C(=O)O)C2=C(O)C(=O)C3=C([C@H](OC(C)=O)C[C@]4(C)C(=O)CC[C@@H]34)[C@]21C. The van der Waals surface area contributed by atoms with Crippen LogP contribution in [0, 0.1) is 16.7 Å². The number of unbranched alkanes of at least 4 members (excludes halogenated alkanes) is 1. The molecule has 0 aromatic heterocycles. The number of carboxylic acid groups (broad SMARTS) is 1. The molecule has 13 heteroatoms. The van der Waals surface area contributed by atoms with Crippen LogP contribution in [0.4, 0.5) is 0 Å². The summed E-state index contributed by atoms with van der Waals surface area (Å²) in [6.07, 6.45) is 1.28. The molecule has 0 aromatic rings. The quantitative estimate of drug-likeness (QED) is 0.150. The van der Waals surface area contributed by atoms with Crippen molar-refractivity contribution in [1.82, 2.24) is 10.6 Å². The number of cyclic esters (lactones) is 1. The van der Waals surface area contributed by atoms with E-state index in [-0.39, 0.29) is 48.4 Å². The Morgan fingerprint density at radius 3 is 2.48 bits per heavy atom. The van der Waals surface area contributed by atoms with Crippen LogP contribution in [-0.2, 0) is 43.0 Å². The number of hydrogen-bond donors (Lipinski definition) is 4. The van der Waals surface area contributed by atoms with Crippen LogP contribution in [0.25, 0.3) is 0 Å². The number of allylic oxidation sites excluding steroid dienone is 1. The number of carbonyl (C=O) groups is 6. The van der Waals surface area contributed by atoms with Gasteiger partial charge in [-0.2, -0.15) is 0 Å². The summed E-state index contributed by atoms with van der Waals surface area (Å²) < 4.78 is 17.0. The fourth-order valence-corrected chi connectivity index (χ4v) is 7.35. The first-order valence-electron chi connectivity index (χ1n) is 14.8. The second kappa shape index (κ2) is 12.5. The summed E-state index contributed by atoms with van der Waals surface area (Å²) in [5.41, 5.74) is -1.75. The lowest BCUT2D eigenvalue weighted by atomic mass is 9.53.